The molecular formula is C12H24N2O3. The first kappa shape index (κ1) is 14.4. The summed E-state index contributed by atoms with van der Waals surface area (Å²) in [5.41, 5.74) is 0. The van der Waals surface area contributed by atoms with Gasteiger partial charge in [-0.1, -0.05) is 0 Å². The molecule has 5 nitrogen and oxygen atoms in total. The summed E-state index contributed by atoms with van der Waals surface area (Å²) in [5.74, 6) is 0.0312. The molecule has 0 spiro atoms. The first-order chi connectivity index (χ1) is 8.08. The van der Waals surface area contributed by atoms with Crippen LogP contribution in [0.4, 0.5) is 0 Å². The second kappa shape index (κ2) is 7.63. The Hall–Kier alpha value is -0.650. The maximum atomic E-state index is 11.5. The lowest BCUT2D eigenvalue weighted by atomic mass is 10.3. The third-order valence-electron chi connectivity index (χ3n) is 2.71. The van der Waals surface area contributed by atoms with E-state index in [-0.39, 0.29) is 18.1 Å². The van der Waals surface area contributed by atoms with E-state index in [1.54, 1.807) is 0 Å². The molecular weight excluding hydrogens is 220 g/mol. The van der Waals surface area contributed by atoms with E-state index in [2.05, 4.69) is 5.32 Å². The molecule has 0 aromatic heterocycles. The molecule has 1 atom stereocenters. The van der Waals surface area contributed by atoms with Crippen molar-refractivity contribution in [2.24, 2.45) is 0 Å². The van der Waals surface area contributed by atoms with Crippen LogP contribution in [0.25, 0.3) is 0 Å². The molecule has 100 valence electrons. The van der Waals surface area contributed by atoms with E-state index in [9.17, 15) is 9.90 Å². The van der Waals surface area contributed by atoms with Gasteiger partial charge in [0.25, 0.3) is 0 Å². The standard InChI is InChI=1S/C12H24N2O3/c1-10(2)17-7-3-5-13-12(16)9-14-6-4-11(15)8-14/h10-11,15H,3-9H2,1-2H3,(H,13,16)/t11-/m1/s1. The largest absolute Gasteiger partial charge is 0.392 e. The van der Waals surface area contributed by atoms with Crippen molar-refractivity contribution in [2.75, 3.05) is 32.8 Å². The predicted molar refractivity (Wildman–Crippen MR) is 65.8 cm³/mol. The Labute approximate surface area is 103 Å². The molecule has 1 heterocycles. The quantitative estimate of drug-likeness (QED) is 0.618. The third kappa shape index (κ3) is 6.61. The molecule has 1 rings (SSSR count). The van der Waals surface area contributed by atoms with Gasteiger partial charge in [-0.3, -0.25) is 9.69 Å². The topological polar surface area (TPSA) is 61.8 Å². The van der Waals surface area contributed by atoms with Gasteiger partial charge in [-0.05, 0) is 26.7 Å². The third-order valence-corrected chi connectivity index (χ3v) is 2.71. The number of nitrogens with one attached hydrogen (secondary N) is 1. The van der Waals surface area contributed by atoms with E-state index >= 15 is 0 Å². The maximum Gasteiger partial charge on any atom is 0.234 e. The van der Waals surface area contributed by atoms with Gasteiger partial charge in [0.05, 0.1) is 18.8 Å². The van der Waals surface area contributed by atoms with Crippen molar-refractivity contribution in [2.45, 2.75) is 38.9 Å². The van der Waals surface area contributed by atoms with Gasteiger partial charge in [-0.25, -0.2) is 0 Å². The molecule has 0 aromatic rings. The predicted octanol–water partition coefficient (Wildman–Crippen LogP) is -0.0157. The monoisotopic (exact) mass is 244 g/mol. The Morgan fingerprint density at radius 2 is 2.35 bits per heavy atom. The summed E-state index contributed by atoms with van der Waals surface area (Å²) in [6.45, 7) is 7.15. The number of carbonyl (C=O) groups is 1. The molecule has 1 amide bonds. The van der Waals surface area contributed by atoms with Crippen LogP contribution in [0.3, 0.4) is 0 Å². The highest BCUT2D eigenvalue weighted by Crippen LogP contribution is 2.07. The van der Waals surface area contributed by atoms with E-state index in [0.29, 0.717) is 26.2 Å². The fourth-order valence-corrected chi connectivity index (χ4v) is 1.83. The van der Waals surface area contributed by atoms with Gasteiger partial charge < -0.3 is 15.2 Å². The molecule has 0 radical (unpaired) electrons. The SMILES string of the molecule is CC(C)OCCCNC(=O)CN1CC[C@@H](O)C1. The number of aliphatic hydroxyl groups excluding tert-OH is 1. The summed E-state index contributed by atoms with van der Waals surface area (Å²) in [7, 11) is 0. The number of amides is 1. The lowest BCUT2D eigenvalue weighted by Gasteiger charge is -2.14. The van der Waals surface area contributed by atoms with Crippen LogP contribution in [0.2, 0.25) is 0 Å². The summed E-state index contributed by atoms with van der Waals surface area (Å²) in [4.78, 5) is 13.5. The lowest BCUT2D eigenvalue weighted by Crippen LogP contribution is -2.37. The number of likely N-dealkylation sites (tertiary alicyclic amines) is 1. The smallest absolute Gasteiger partial charge is 0.234 e. The molecule has 2 N–H and O–H groups in total. The van der Waals surface area contributed by atoms with E-state index < -0.39 is 0 Å². The van der Waals surface area contributed by atoms with Crippen molar-refractivity contribution in [1.82, 2.24) is 10.2 Å². The zero-order chi connectivity index (χ0) is 12.7. The Kier molecular flexibility index (Phi) is 6.47. The Bertz CT molecular complexity index is 234. The first-order valence-corrected chi connectivity index (χ1v) is 6.36. The maximum absolute atomic E-state index is 11.5. The molecule has 1 saturated heterocycles. The number of β-amino-alcohol motifs (C(OH)–C–C–N with tert-alkyl or cyclic N) is 1. The minimum absolute atomic E-state index is 0.0312. The fraction of sp³-hybridized carbons (Fsp3) is 0.917. The summed E-state index contributed by atoms with van der Waals surface area (Å²) in [6, 6.07) is 0. The van der Waals surface area contributed by atoms with Gasteiger partial charge >= 0.3 is 0 Å². The Morgan fingerprint density at radius 1 is 1.59 bits per heavy atom. The lowest BCUT2D eigenvalue weighted by molar-refractivity contribution is -0.122. The van der Waals surface area contributed by atoms with Crippen molar-refractivity contribution in [3.63, 3.8) is 0 Å². The van der Waals surface area contributed by atoms with Crippen LogP contribution in [-0.2, 0) is 9.53 Å². The average Bonchev–Trinajstić information content (AvgIpc) is 2.63. The van der Waals surface area contributed by atoms with E-state index in [4.69, 9.17) is 4.74 Å². The van der Waals surface area contributed by atoms with Gasteiger partial charge in [-0.2, -0.15) is 0 Å². The molecule has 5 heteroatoms. The molecule has 0 bridgehead atoms. The molecule has 0 saturated carbocycles. The summed E-state index contributed by atoms with van der Waals surface area (Å²) in [5, 5.41) is 12.2. The first-order valence-electron chi connectivity index (χ1n) is 6.36. The summed E-state index contributed by atoms with van der Waals surface area (Å²) >= 11 is 0. The van der Waals surface area contributed by atoms with Crippen LogP contribution in [0.1, 0.15) is 26.7 Å². The van der Waals surface area contributed by atoms with Gasteiger partial charge in [0.15, 0.2) is 0 Å². The second-order valence-electron chi connectivity index (χ2n) is 4.80. The van der Waals surface area contributed by atoms with Crippen LogP contribution in [0.15, 0.2) is 0 Å². The Balaban J connectivity index is 1.98. The average molecular weight is 244 g/mol. The molecule has 17 heavy (non-hydrogen) atoms. The van der Waals surface area contributed by atoms with Crippen LogP contribution in [0.5, 0.6) is 0 Å². The fourth-order valence-electron chi connectivity index (χ4n) is 1.83. The molecule has 0 aliphatic carbocycles. The Morgan fingerprint density at radius 3 is 2.94 bits per heavy atom. The van der Waals surface area contributed by atoms with E-state index in [1.165, 1.54) is 0 Å². The number of carbonyl (C=O) groups excluding carboxylic acids is 1. The van der Waals surface area contributed by atoms with Crippen molar-refractivity contribution in [3.05, 3.63) is 0 Å². The zero-order valence-electron chi connectivity index (χ0n) is 10.8. The molecule has 0 aromatic carbocycles. The second-order valence-corrected chi connectivity index (χ2v) is 4.80. The van der Waals surface area contributed by atoms with Gasteiger partial charge in [0.2, 0.25) is 5.91 Å². The number of ether oxygens (including phenoxy) is 1. The van der Waals surface area contributed by atoms with Crippen molar-refractivity contribution in [3.8, 4) is 0 Å². The number of nitrogens with zero attached hydrogens (tertiary/aromatic N) is 1. The molecule has 1 aliphatic rings. The van der Waals surface area contributed by atoms with Crippen LogP contribution in [0, 0.1) is 0 Å². The summed E-state index contributed by atoms with van der Waals surface area (Å²) in [6.07, 6.45) is 1.60. The number of rotatable bonds is 7. The minimum Gasteiger partial charge on any atom is -0.392 e. The normalized spacial score (nSPS) is 21.1. The van der Waals surface area contributed by atoms with Crippen LogP contribution in [-0.4, -0.2) is 60.9 Å². The molecule has 0 unspecified atom stereocenters. The highest BCUT2D eigenvalue weighted by molar-refractivity contribution is 5.78. The number of hydrogen-bond acceptors (Lipinski definition) is 4. The van der Waals surface area contributed by atoms with Crippen LogP contribution < -0.4 is 5.32 Å². The number of hydrogen-bond donors (Lipinski definition) is 2. The highest BCUT2D eigenvalue weighted by Gasteiger charge is 2.21. The number of aliphatic hydroxyl groups is 1. The van der Waals surface area contributed by atoms with Crippen molar-refractivity contribution >= 4 is 5.91 Å². The van der Waals surface area contributed by atoms with Crippen molar-refractivity contribution < 1.29 is 14.6 Å². The van der Waals surface area contributed by atoms with Crippen molar-refractivity contribution in [1.29, 1.82) is 0 Å². The summed E-state index contributed by atoms with van der Waals surface area (Å²) < 4.78 is 5.38. The van der Waals surface area contributed by atoms with Gasteiger partial charge in [0.1, 0.15) is 0 Å². The highest BCUT2D eigenvalue weighted by atomic mass is 16.5. The van der Waals surface area contributed by atoms with Gasteiger partial charge in [0, 0.05) is 26.2 Å². The minimum atomic E-state index is -0.262. The van der Waals surface area contributed by atoms with E-state index in [0.717, 1.165) is 19.4 Å². The van der Waals surface area contributed by atoms with Gasteiger partial charge in [-0.15, -0.1) is 0 Å². The van der Waals surface area contributed by atoms with E-state index in [1.807, 2.05) is 18.7 Å². The molecule has 1 aliphatic heterocycles. The van der Waals surface area contributed by atoms with Crippen LogP contribution >= 0.6 is 0 Å². The molecule has 1 fully saturated rings. The zero-order valence-corrected chi connectivity index (χ0v) is 10.8.